The first-order valence-electron chi connectivity index (χ1n) is 10.3. The minimum atomic E-state index is -4.23. The van der Waals surface area contributed by atoms with Crippen molar-refractivity contribution in [2.75, 3.05) is 12.3 Å². The van der Waals surface area contributed by atoms with E-state index in [9.17, 15) is 14.5 Å². The normalized spacial score (nSPS) is 28.0. The second-order valence-electron chi connectivity index (χ2n) is 7.92. The number of anilines is 1. The van der Waals surface area contributed by atoms with Crippen LogP contribution in [0.4, 0.5) is 14.6 Å². The molecule has 34 heavy (non-hydrogen) atoms. The van der Waals surface area contributed by atoms with E-state index < -0.39 is 50.8 Å². The van der Waals surface area contributed by atoms with E-state index in [1.807, 2.05) is 0 Å². The number of esters is 1. The molecule has 0 amide bonds. The van der Waals surface area contributed by atoms with Crippen molar-refractivity contribution in [1.29, 1.82) is 0 Å². The van der Waals surface area contributed by atoms with E-state index in [1.165, 1.54) is 12.1 Å². The highest BCUT2D eigenvalue weighted by atomic mass is 31.2. The summed E-state index contributed by atoms with van der Waals surface area (Å²) in [5.41, 5.74) is 4.90. The third-order valence-electron chi connectivity index (χ3n) is 5.07. The van der Waals surface area contributed by atoms with Crippen molar-refractivity contribution in [3.8, 4) is 0 Å². The molecule has 184 valence electrons. The van der Waals surface area contributed by atoms with Gasteiger partial charge >= 0.3 is 25.8 Å². The minimum absolute atomic E-state index is 0.133. The zero-order chi connectivity index (χ0) is 24.7. The van der Waals surface area contributed by atoms with Crippen LogP contribution in [-0.4, -0.2) is 51.3 Å². The molecule has 11 nitrogen and oxygen atoms in total. The molecule has 0 radical (unpaired) electrons. The first-order chi connectivity index (χ1) is 16.0. The predicted molar refractivity (Wildman–Crippen MR) is 114 cm³/mol. The van der Waals surface area contributed by atoms with Crippen LogP contribution in [0.15, 0.2) is 41.3 Å². The van der Waals surface area contributed by atoms with Crippen LogP contribution in [0.2, 0.25) is 0 Å². The second-order valence-corrected chi connectivity index (χ2v) is 9.58. The Kier molecular flexibility index (Phi) is 6.69. The first-order valence-corrected chi connectivity index (χ1v) is 11.8. The van der Waals surface area contributed by atoms with Gasteiger partial charge in [-0.1, -0.05) is 18.2 Å². The summed E-state index contributed by atoms with van der Waals surface area (Å²) in [4.78, 5) is 38.5. The molecular weight excluding hydrogens is 479 g/mol. The summed E-state index contributed by atoms with van der Waals surface area (Å²) in [6.45, 7) is 2.53. The number of alkyl halides is 2. The number of hydrogen-bond donors (Lipinski definition) is 2. The standard InChI is InChI=1S/C20H22F2N3O8P/c1-11(2)31-17(26)13-6-4-3-5-12(13)9-29-34(28)30-10-14-16(33-34)20(21,22)18(32-14)25-8-7-15(23)24-19(25)27/h3-8,11,14,16,18,28H,9-10H2,1-2H3,(H-,23,24,27)/p+1/t14-,16-,18-,34?/m1/s1. The molecule has 4 rings (SSSR count). The van der Waals surface area contributed by atoms with Crippen LogP contribution in [0.25, 0.3) is 0 Å². The van der Waals surface area contributed by atoms with Crippen LogP contribution in [0.5, 0.6) is 0 Å². The molecule has 3 heterocycles. The van der Waals surface area contributed by atoms with Crippen molar-refractivity contribution in [3.63, 3.8) is 0 Å². The fourth-order valence-corrected chi connectivity index (χ4v) is 4.92. The number of rotatable bonds is 6. The van der Waals surface area contributed by atoms with Gasteiger partial charge in [-0.15, -0.1) is 9.05 Å². The molecule has 0 aliphatic carbocycles. The maximum atomic E-state index is 15.2. The number of halogens is 2. The van der Waals surface area contributed by atoms with E-state index in [1.54, 1.807) is 32.0 Å². The lowest BCUT2D eigenvalue weighted by Crippen LogP contribution is -2.46. The molecule has 1 aromatic carbocycles. The van der Waals surface area contributed by atoms with Crippen molar-refractivity contribution in [3.05, 3.63) is 58.1 Å². The molecule has 3 N–H and O–H groups in total. The lowest BCUT2D eigenvalue weighted by atomic mass is 10.1. The fourth-order valence-electron chi connectivity index (χ4n) is 3.52. The Morgan fingerprint density at radius 2 is 2.12 bits per heavy atom. The summed E-state index contributed by atoms with van der Waals surface area (Å²) in [6.07, 6.45) is -4.63. The molecule has 4 atom stereocenters. The van der Waals surface area contributed by atoms with Gasteiger partial charge in [0.2, 0.25) is 12.3 Å². The molecule has 2 aliphatic heterocycles. The summed E-state index contributed by atoms with van der Waals surface area (Å²) in [5.74, 6) is -4.48. The Morgan fingerprint density at radius 1 is 1.38 bits per heavy atom. The molecule has 2 fully saturated rings. The minimum Gasteiger partial charge on any atom is -0.459 e. The number of benzene rings is 1. The molecule has 1 unspecified atom stereocenters. The Hall–Kier alpha value is -2.54. The highest BCUT2D eigenvalue weighted by Crippen LogP contribution is 2.65. The second kappa shape index (κ2) is 9.25. The van der Waals surface area contributed by atoms with Crippen LogP contribution < -0.4 is 11.4 Å². The van der Waals surface area contributed by atoms with E-state index >= 15 is 8.78 Å². The van der Waals surface area contributed by atoms with Crippen LogP contribution in [-0.2, 0) is 29.7 Å². The van der Waals surface area contributed by atoms with Gasteiger partial charge in [0.15, 0.2) is 0 Å². The quantitative estimate of drug-likeness (QED) is 0.446. The summed E-state index contributed by atoms with van der Waals surface area (Å²) >= 11 is 0. The number of nitrogens with zero attached hydrogens (tertiary/aromatic N) is 2. The third kappa shape index (κ3) is 4.81. The van der Waals surface area contributed by atoms with Crippen molar-refractivity contribution in [2.24, 2.45) is 0 Å². The van der Waals surface area contributed by atoms with E-state index in [4.69, 9.17) is 28.8 Å². The Labute approximate surface area is 193 Å². The maximum Gasteiger partial charge on any atom is 0.573 e. The van der Waals surface area contributed by atoms with Gasteiger partial charge in [-0.3, -0.25) is 4.57 Å². The Balaban J connectivity index is 1.49. The third-order valence-corrected chi connectivity index (χ3v) is 6.49. The van der Waals surface area contributed by atoms with Crippen molar-refractivity contribution in [2.45, 2.75) is 50.9 Å². The van der Waals surface area contributed by atoms with Crippen LogP contribution in [0.1, 0.15) is 36.0 Å². The lowest BCUT2D eigenvalue weighted by Gasteiger charge is -2.28. The Bertz CT molecular complexity index is 1130. The molecule has 2 aliphatic rings. The van der Waals surface area contributed by atoms with Gasteiger partial charge in [-0.25, -0.2) is 9.59 Å². The number of aromatic nitrogens is 2. The monoisotopic (exact) mass is 502 g/mol. The fraction of sp³-hybridized carbons (Fsp3) is 0.450. The average Bonchev–Trinajstić information content (AvgIpc) is 3.02. The van der Waals surface area contributed by atoms with E-state index in [0.717, 1.165) is 6.20 Å². The summed E-state index contributed by atoms with van der Waals surface area (Å²) < 4.78 is 57.2. The largest absolute Gasteiger partial charge is 0.573 e. The molecule has 0 spiro atoms. The number of carbonyl (C=O) groups excluding carboxylic acids is 1. The number of nitrogen functional groups attached to an aromatic ring is 1. The van der Waals surface area contributed by atoms with E-state index in [-0.39, 0.29) is 24.1 Å². The molecule has 0 bridgehead atoms. The molecule has 14 heteroatoms. The van der Waals surface area contributed by atoms with Crippen LogP contribution in [0.3, 0.4) is 0 Å². The smallest absolute Gasteiger partial charge is 0.459 e. The van der Waals surface area contributed by atoms with Crippen molar-refractivity contribution >= 4 is 20.0 Å². The highest BCUT2D eigenvalue weighted by Gasteiger charge is 2.70. The van der Waals surface area contributed by atoms with Crippen LogP contribution in [0, 0.1) is 0 Å². The lowest BCUT2D eigenvalue weighted by molar-refractivity contribution is -0.141. The van der Waals surface area contributed by atoms with E-state index in [2.05, 4.69) is 4.98 Å². The van der Waals surface area contributed by atoms with Gasteiger partial charge in [-0.2, -0.15) is 23.2 Å². The molecule has 1 aromatic heterocycles. The van der Waals surface area contributed by atoms with Gasteiger partial charge in [0.25, 0.3) is 0 Å². The first kappa shape index (κ1) is 24.6. The summed E-state index contributed by atoms with van der Waals surface area (Å²) in [7, 11) is -4.23. The zero-order valence-electron chi connectivity index (χ0n) is 18.2. The van der Waals surface area contributed by atoms with Gasteiger partial charge in [0.05, 0.1) is 11.7 Å². The highest BCUT2D eigenvalue weighted by molar-refractivity contribution is 7.55. The Morgan fingerprint density at radius 3 is 2.82 bits per heavy atom. The molecular formula is C20H23F2N3O8P+. The zero-order valence-corrected chi connectivity index (χ0v) is 19.1. The molecule has 2 aromatic rings. The van der Waals surface area contributed by atoms with Gasteiger partial charge in [-0.05, 0) is 31.5 Å². The van der Waals surface area contributed by atoms with Gasteiger partial charge in [0.1, 0.15) is 25.1 Å². The van der Waals surface area contributed by atoms with E-state index in [0.29, 0.717) is 10.1 Å². The van der Waals surface area contributed by atoms with Gasteiger partial charge in [0, 0.05) is 6.20 Å². The van der Waals surface area contributed by atoms with Crippen molar-refractivity contribution < 1.29 is 41.5 Å². The number of ether oxygens (including phenoxy) is 2. The molecule has 0 saturated carbocycles. The SMILES string of the molecule is CC(C)OC(=O)c1ccccc1CO[P+]1(O)OC[C@H]2O[C@@H](n3ccc(N)nc3=O)C(F)(F)[C@@H]2O1. The number of fused-ring (bicyclic) bond motifs is 1. The number of carbonyl (C=O) groups is 1. The van der Waals surface area contributed by atoms with Gasteiger partial charge < -0.3 is 15.2 Å². The number of hydrogen-bond acceptors (Lipinski definition) is 10. The van der Waals surface area contributed by atoms with Crippen molar-refractivity contribution in [1.82, 2.24) is 9.55 Å². The predicted octanol–water partition coefficient (Wildman–Crippen LogP) is 2.23. The molecule has 2 saturated heterocycles. The summed E-state index contributed by atoms with van der Waals surface area (Å²) in [6, 6.07) is 7.49. The number of nitrogens with two attached hydrogens (primary N) is 1. The topological polar surface area (TPSA) is 144 Å². The average molecular weight is 502 g/mol. The van der Waals surface area contributed by atoms with Crippen LogP contribution >= 0.6 is 8.17 Å². The maximum absolute atomic E-state index is 15.2. The summed E-state index contributed by atoms with van der Waals surface area (Å²) in [5, 5.41) is 0.